The van der Waals surface area contributed by atoms with Crippen LogP contribution in [0.15, 0.2) is 18.2 Å². The molecular formula is C14H13F4N3. The van der Waals surface area contributed by atoms with Crippen LogP contribution in [0.4, 0.5) is 23.4 Å². The summed E-state index contributed by atoms with van der Waals surface area (Å²) in [5, 5.41) is 4.12. The molecule has 1 aromatic carbocycles. The Balaban J connectivity index is 2.14. The SMILES string of the molecule is Nc1nn(-c2ccc(F)c(C(F)(F)F)c2)c2c1CCCC2. The molecule has 3 nitrogen and oxygen atoms in total. The molecule has 0 aliphatic heterocycles. The molecule has 7 heteroatoms. The number of aromatic nitrogens is 2. The molecule has 112 valence electrons. The van der Waals surface area contributed by atoms with E-state index in [4.69, 9.17) is 5.73 Å². The van der Waals surface area contributed by atoms with Crippen LogP contribution in [-0.2, 0) is 19.0 Å². The van der Waals surface area contributed by atoms with Crippen molar-refractivity contribution in [3.8, 4) is 5.69 Å². The van der Waals surface area contributed by atoms with Crippen LogP contribution in [-0.4, -0.2) is 9.78 Å². The third kappa shape index (κ3) is 2.36. The maximum Gasteiger partial charge on any atom is 0.419 e. The largest absolute Gasteiger partial charge is 0.419 e. The van der Waals surface area contributed by atoms with Gasteiger partial charge in [0.25, 0.3) is 0 Å². The topological polar surface area (TPSA) is 43.8 Å². The number of hydrogen-bond donors (Lipinski definition) is 1. The molecule has 0 radical (unpaired) electrons. The fraction of sp³-hybridized carbons (Fsp3) is 0.357. The van der Waals surface area contributed by atoms with Gasteiger partial charge in [0.2, 0.25) is 0 Å². The molecular weight excluding hydrogens is 286 g/mol. The van der Waals surface area contributed by atoms with E-state index in [-0.39, 0.29) is 5.69 Å². The summed E-state index contributed by atoms with van der Waals surface area (Å²) in [5.41, 5.74) is 6.42. The molecule has 0 atom stereocenters. The number of nitrogens with two attached hydrogens (primary N) is 1. The van der Waals surface area contributed by atoms with Gasteiger partial charge in [0.05, 0.1) is 11.3 Å². The number of anilines is 1. The van der Waals surface area contributed by atoms with Gasteiger partial charge in [-0.05, 0) is 43.9 Å². The lowest BCUT2D eigenvalue weighted by Gasteiger charge is -2.15. The number of alkyl halides is 3. The molecule has 3 rings (SSSR count). The summed E-state index contributed by atoms with van der Waals surface area (Å²) in [6, 6.07) is 2.87. The number of nitrogens with zero attached hydrogens (tertiary/aromatic N) is 2. The van der Waals surface area contributed by atoms with E-state index in [1.54, 1.807) is 0 Å². The van der Waals surface area contributed by atoms with Crippen molar-refractivity contribution in [1.82, 2.24) is 9.78 Å². The zero-order valence-electron chi connectivity index (χ0n) is 11.0. The van der Waals surface area contributed by atoms with E-state index in [0.29, 0.717) is 12.2 Å². The van der Waals surface area contributed by atoms with Crippen LogP contribution in [0.2, 0.25) is 0 Å². The van der Waals surface area contributed by atoms with Crippen LogP contribution in [0.25, 0.3) is 5.69 Å². The van der Waals surface area contributed by atoms with Gasteiger partial charge in [-0.1, -0.05) is 0 Å². The van der Waals surface area contributed by atoms with Gasteiger partial charge >= 0.3 is 6.18 Å². The Hall–Kier alpha value is -2.05. The van der Waals surface area contributed by atoms with E-state index in [1.165, 1.54) is 10.7 Å². The summed E-state index contributed by atoms with van der Waals surface area (Å²) in [7, 11) is 0. The highest BCUT2D eigenvalue weighted by Crippen LogP contribution is 2.34. The van der Waals surface area contributed by atoms with Crippen molar-refractivity contribution in [1.29, 1.82) is 0 Å². The number of fused-ring (bicyclic) bond motifs is 1. The molecule has 21 heavy (non-hydrogen) atoms. The second-order valence-electron chi connectivity index (χ2n) is 5.09. The molecule has 1 heterocycles. The second-order valence-corrected chi connectivity index (χ2v) is 5.09. The first-order valence-electron chi connectivity index (χ1n) is 6.61. The number of hydrogen-bond acceptors (Lipinski definition) is 2. The molecule has 0 saturated carbocycles. The fourth-order valence-corrected chi connectivity index (χ4v) is 2.70. The zero-order chi connectivity index (χ0) is 15.2. The van der Waals surface area contributed by atoms with Crippen LogP contribution in [0.3, 0.4) is 0 Å². The van der Waals surface area contributed by atoms with Crippen LogP contribution < -0.4 is 5.73 Å². The van der Waals surface area contributed by atoms with E-state index in [2.05, 4.69) is 5.10 Å². The van der Waals surface area contributed by atoms with Crippen LogP contribution in [0.1, 0.15) is 29.7 Å². The Morgan fingerprint density at radius 1 is 1.14 bits per heavy atom. The molecule has 0 saturated heterocycles. The van der Waals surface area contributed by atoms with Crippen molar-refractivity contribution >= 4 is 5.82 Å². The number of rotatable bonds is 1. The smallest absolute Gasteiger partial charge is 0.382 e. The van der Waals surface area contributed by atoms with Crippen molar-refractivity contribution in [3.63, 3.8) is 0 Å². The predicted molar refractivity (Wildman–Crippen MR) is 69.6 cm³/mol. The van der Waals surface area contributed by atoms with Crippen LogP contribution in [0, 0.1) is 5.82 Å². The summed E-state index contributed by atoms with van der Waals surface area (Å²) >= 11 is 0. The molecule has 0 spiro atoms. The van der Waals surface area contributed by atoms with E-state index >= 15 is 0 Å². The molecule has 0 unspecified atom stereocenters. The third-order valence-electron chi connectivity index (χ3n) is 3.71. The Morgan fingerprint density at radius 2 is 1.86 bits per heavy atom. The summed E-state index contributed by atoms with van der Waals surface area (Å²) < 4.78 is 53.1. The minimum atomic E-state index is -4.74. The first kappa shape index (κ1) is 13.9. The molecule has 0 fully saturated rings. The highest BCUT2D eigenvalue weighted by Gasteiger charge is 2.34. The highest BCUT2D eigenvalue weighted by molar-refractivity contribution is 5.49. The van der Waals surface area contributed by atoms with Crippen molar-refractivity contribution < 1.29 is 17.6 Å². The lowest BCUT2D eigenvalue weighted by Crippen LogP contribution is -2.12. The average molecular weight is 299 g/mol. The molecule has 0 bridgehead atoms. The zero-order valence-corrected chi connectivity index (χ0v) is 11.0. The van der Waals surface area contributed by atoms with Crippen LogP contribution in [0.5, 0.6) is 0 Å². The van der Waals surface area contributed by atoms with Gasteiger partial charge in [0.1, 0.15) is 11.6 Å². The maximum absolute atomic E-state index is 13.4. The Kier molecular flexibility index (Phi) is 3.15. The Labute approximate surface area is 118 Å². The van der Waals surface area contributed by atoms with E-state index in [1.807, 2.05) is 0 Å². The number of nitrogen functional groups attached to an aromatic ring is 1. The maximum atomic E-state index is 13.4. The fourth-order valence-electron chi connectivity index (χ4n) is 2.70. The predicted octanol–water partition coefficient (Wildman–Crippen LogP) is 3.49. The van der Waals surface area contributed by atoms with E-state index in [0.717, 1.165) is 42.7 Å². The van der Waals surface area contributed by atoms with Gasteiger partial charge in [0.15, 0.2) is 0 Å². The van der Waals surface area contributed by atoms with Crippen molar-refractivity contribution in [2.75, 3.05) is 5.73 Å². The van der Waals surface area contributed by atoms with Gasteiger partial charge < -0.3 is 5.73 Å². The van der Waals surface area contributed by atoms with E-state index < -0.39 is 17.6 Å². The summed E-state index contributed by atoms with van der Waals surface area (Å²) in [5.74, 6) is -0.956. The van der Waals surface area contributed by atoms with Gasteiger partial charge in [0, 0.05) is 11.3 Å². The monoisotopic (exact) mass is 299 g/mol. The molecule has 1 aliphatic carbocycles. The van der Waals surface area contributed by atoms with Crippen molar-refractivity contribution in [2.24, 2.45) is 0 Å². The first-order valence-corrected chi connectivity index (χ1v) is 6.61. The summed E-state index contributed by atoms with van der Waals surface area (Å²) in [6.07, 6.45) is -1.34. The lowest BCUT2D eigenvalue weighted by atomic mass is 9.97. The minimum absolute atomic E-state index is 0.179. The quantitative estimate of drug-likeness (QED) is 0.819. The van der Waals surface area contributed by atoms with Gasteiger partial charge in [-0.3, -0.25) is 0 Å². The van der Waals surface area contributed by atoms with Gasteiger partial charge in [-0.15, -0.1) is 0 Å². The Bertz CT molecular complexity index is 688. The van der Waals surface area contributed by atoms with E-state index in [9.17, 15) is 17.6 Å². The highest BCUT2D eigenvalue weighted by atomic mass is 19.4. The van der Waals surface area contributed by atoms with Gasteiger partial charge in [-0.25, -0.2) is 9.07 Å². The first-order chi connectivity index (χ1) is 9.88. The average Bonchev–Trinajstić information content (AvgIpc) is 2.76. The number of benzene rings is 1. The van der Waals surface area contributed by atoms with Crippen molar-refractivity contribution in [3.05, 3.63) is 40.8 Å². The lowest BCUT2D eigenvalue weighted by molar-refractivity contribution is -0.140. The summed E-state index contributed by atoms with van der Waals surface area (Å²) in [6.45, 7) is 0. The molecule has 2 aromatic rings. The number of halogens is 4. The third-order valence-corrected chi connectivity index (χ3v) is 3.71. The minimum Gasteiger partial charge on any atom is -0.382 e. The molecule has 0 amide bonds. The molecule has 1 aromatic heterocycles. The Morgan fingerprint density at radius 3 is 2.57 bits per heavy atom. The molecule has 2 N–H and O–H groups in total. The van der Waals surface area contributed by atoms with Crippen LogP contribution >= 0.6 is 0 Å². The second kappa shape index (κ2) is 4.75. The van der Waals surface area contributed by atoms with Crippen molar-refractivity contribution in [2.45, 2.75) is 31.9 Å². The van der Waals surface area contributed by atoms with Gasteiger partial charge in [-0.2, -0.15) is 18.3 Å². The normalized spacial score (nSPS) is 15.0. The molecule has 1 aliphatic rings. The standard InChI is InChI=1S/C14H13F4N3/c15-11-6-5-8(7-10(11)14(16,17)18)21-12-4-2-1-3-9(12)13(19)20-21/h5-7H,1-4H2,(H2,19,20). The summed E-state index contributed by atoms with van der Waals surface area (Å²) in [4.78, 5) is 0.